The van der Waals surface area contributed by atoms with Gasteiger partial charge in [0.25, 0.3) is 5.91 Å². The molecule has 2 aromatic carbocycles. The number of anilines is 1. The molecule has 1 heterocycles. The molecule has 0 unspecified atom stereocenters. The van der Waals surface area contributed by atoms with E-state index in [4.69, 9.17) is 9.84 Å². The molecule has 0 saturated carbocycles. The van der Waals surface area contributed by atoms with E-state index in [0.717, 1.165) is 7.11 Å². The van der Waals surface area contributed by atoms with E-state index in [9.17, 15) is 31.5 Å². The third-order valence-electron chi connectivity index (χ3n) is 4.64. The van der Waals surface area contributed by atoms with Crippen molar-refractivity contribution in [2.45, 2.75) is 6.18 Å². The SMILES string of the molecule is COC(=O)C1=C(Nc2cc(Br)cc(Oc3c(F)cc(C(F)(F)F)cc3F)c2)C(=O)N(CCO)C1. The van der Waals surface area contributed by atoms with Gasteiger partial charge in [0.2, 0.25) is 0 Å². The maximum Gasteiger partial charge on any atom is 0.416 e. The van der Waals surface area contributed by atoms with Crippen LogP contribution in [0.1, 0.15) is 5.56 Å². The van der Waals surface area contributed by atoms with E-state index in [-0.39, 0.29) is 54.5 Å². The van der Waals surface area contributed by atoms with Crippen LogP contribution in [0.2, 0.25) is 0 Å². The summed E-state index contributed by atoms with van der Waals surface area (Å²) in [7, 11) is 1.13. The van der Waals surface area contributed by atoms with Crippen molar-refractivity contribution in [3.8, 4) is 11.5 Å². The maximum absolute atomic E-state index is 14.2. The number of halogens is 6. The molecule has 1 aliphatic rings. The number of ether oxygens (including phenoxy) is 2. The second-order valence-corrected chi connectivity index (χ2v) is 7.88. The first kappa shape index (κ1) is 25.4. The molecule has 1 aliphatic heterocycles. The minimum atomic E-state index is -4.95. The molecular weight excluding hydrogens is 535 g/mol. The van der Waals surface area contributed by atoms with Gasteiger partial charge in [0.1, 0.15) is 11.4 Å². The number of nitrogens with zero attached hydrogens (tertiary/aromatic N) is 1. The van der Waals surface area contributed by atoms with Gasteiger partial charge in [0.05, 0.1) is 31.4 Å². The lowest BCUT2D eigenvalue weighted by molar-refractivity contribution is -0.138. The van der Waals surface area contributed by atoms with Crippen molar-refractivity contribution in [3.05, 3.63) is 63.3 Å². The number of hydrogen-bond acceptors (Lipinski definition) is 6. The van der Waals surface area contributed by atoms with Gasteiger partial charge in [-0.1, -0.05) is 15.9 Å². The fraction of sp³-hybridized carbons (Fsp3) is 0.238. The first-order valence-corrected chi connectivity index (χ1v) is 10.3. The van der Waals surface area contributed by atoms with Gasteiger partial charge in [0.15, 0.2) is 17.4 Å². The minimum absolute atomic E-state index is 0.0109. The van der Waals surface area contributed by atoms with Gasteiger partial charge in [-0.25, -0.2) is 13.6 Å². The lowest BCUT2D eigenvalue weighted by atomic mass is 10.2. The normalized spacial score (nSPS) is 14.0. The number of hydrogen-bond donors (Lipinski definition) is 2. The van der Waals surface area contributed by atoms with Crippen molar-refractivity contribution >= 4 is 33.5 Å². The van der Waals surface area contributed by atoms with Crippen molar-refractivity contribution in [1.82, 2.24) is 4.90 Å². The van der Waals surface area contributed by atoms with Gasteiger partial charge >= 0.3 is 12.1 Å². The molecule has 3 rings (SSSR count). The number of amides is 1. The number of methoxy groups -OCH3 is 1. The summed E-state index contributed by atoms with van der Waals surface area (Å²) in [6.45, 7) is -0.496. The Balaban J connectivity index is 1.93. The van der Waals surface area contributed by atoms with Crippen molar-refractivity contribution in [2.75, 3.05) is 32.1 Å². The number of carbonyl (C=O) groups excluding carboxylic acids is 2. The van der Waals surface area contributed by atoms with Crippen LogP contribution in [0.5, 0.6) is 11.5 Å². The van der Waals surface area contributed by atoms with Crippen LogP contribution in [0.3, 0.4) is 0 Å². The topological polar surface area (TPSA) is 88.1 Å². The van der Waals surface area contributed by atoms with Gasteiger partial charge in [-0.15, -0.1) is 0 Å². The first-order chi connectivity index (χ1) is 15.9. The molecular formula is C21H16BrF5N2O5. The molecule has 0 atom stereocenters. The Morgan fingerprint density at radius 3 is 2.38 bits per heavy atom. The van der Waals surface area contributed by atoms with Crippen LogP contribution in [0.15, 0.2) is 46.1 Å². The molecule has 2 aromatic rings. The van der Waals surface area contributed by atoms with Crippen molar-refractivity contribution in [2.24, 2.45) is 0 Å². The number of nitrogens with one attached hydrogen (secondary N) is 1. The highest BCUT2D eigenvalue weighted by Crippen LogP contribution is 2.37. The number of aliphatic hydroxyl groups is 1. The molecule has 7 nitrogen and oxygen atoms in total. The Hall–Kier alpha value is -3.19. The predicted octanol–water partition coefficient (Wildman–Crippen LogP) is 4.21. The molecule has 0 saturated heterocycles. The van der Waals surface area contributed by atoms with Crippen LogP contribution in [0, 0.1) is 11.6 Å². The highest BCUT2D eigenvalue weighted by Gasteiger charge is 2.35. The molecule has 0 fully saturated rings. The Labute approximate surface area is 197 Å². The van der Waals surface area contributed by atoms with Crippen LogP contribution in [-0.4, -0.2) is 48.7 Å². The van der Waals surface area contributed by atoms with Crippen molar-refractivity contribution in [3.63, 3.8) is 0 Å². The summed E-state index contributed by atoms with van der Waals surface area (Å²) in [5.74, 6) is -5.76. The maximum atomic E-state index is 14.2. The third kappa shape index (κ3) is 5.47. The number of β-amino-alcohol motifs (C(OH)–C–C–N with tert-alkyl or cyclic N) is 1. The first-order valence-electron chi connectivity index (χ1n) is 9.48. The van der Waals surface area contributed by atoms with Gasteiger partial charge in [-0.3, -0.25) is 4.79 Å². The molecule has 13 heteroatoms. The highest BCUT2D eigenvalue weighted by molar-refractivity contribution is 9.10. The zero-order valence-electron chi connectivity index (χ0n) is 17.3. The standard InChI is InChI=1S/C21H16BrF5N2O5/c1-33-20(32)14-9-29(2-3-30)19(31)17(14)28-12-6-11(22)7-13(8-12)34-18-15(23)4-10(5-16(18)24)21(25,26)27/h4-8,28,30H,2-3,9H2,1H3. The number of benzene rings is 2. The van der Waals surface area contributed by atoms with E-state index in [2.05, 4.69) is 26.0 Å². The monoisotopic (exact) mass is 550 g/mol. The summed E-state index contributed by atoms with van der Waals surface area (Å²) in [6.07, 6.45) is -4.95. The lowest BCUT2D eigenvalue weighted by Crippen LogP contribution is -2.31. The van der Waals surface area contributed by atoms with Crippen molar-refractivity contribution in [1.29, 1.82) is 0 Å². The average molecular weight is 551 g/mol. The number of esters is 1. The van der Waals surface area contributed by atoms with Crippen LogP contribution < -0.4 is 10.1 Å². The molecule has 182 valence electrons. The Morgan fingerprint density at radius 1 is 1.18 bits per heavy atom. The van der Waals surface area contributed by atoms with Gasteiger partial charge in [0, 0.05) is 22.8 Å². The molecule has 0 spiro atoms. The van der Waals surface area contributed by atoms with Crippen LogP contribution >= 0.6 is 15.9 Å². The smallest absolute Gasteiger partial charge is 0.416 e. The van der Waals surface area contributed by atoms with Gasteiger partial charge < -0.3 is 24.8 Å². The second-order valence-electron chi connectivity index (χ2n) is 6.96. The number of carbonyl (C=O) groups is 2. The quantitative estimate of drug-likeness (QED) is 0.396. The van der Waals surface area contributed by atoms with Crippen LogP contribution in [0.4, 0.5) is 27.6 Å². The second kappa shape index (κ2) is 9.97. The molecule has 0 radical (unpaired) electrons. The summed E-state index contributed by atoms with van der Waals surface area (Å²) in [6, 6.07) is 4.17. The fourth-order valence-electron chi connectivity index (χ4n) is 3.13. The number of rotatable bonds is 7. The highest BCUT2D eigenvalue weighted by atomic mass is 79.9. The molecule has 2 N–H and O–H groups in total. The van der Waals surface area contributed by atoms with Crippen LogP contribution in [-0.2, 0) is 20.5 Å². The van der Waals surface area contributed by atoms with E-state index < -0.39 is 41.0 Å². The predicted molar refractivity (Wildman–Crippen MR) is 112 cm³/mol. The van der Waals surface area contributed by atoms with E-state index in [1.165, 1.54) is 23.1 Å². The Morgan fingerprint density at radius 2 is 1.82 bits per heavy atom. The number of alkyl halides is 3. The van der Waals surface area contributed by atoms with Crippen molar-refractivity contribution < 1.29 is 46.1 Å². The number of aliphatic hydroxyl groups excluding tert-OH is 1. The summed E-state index contributed by atoms with van der Waals surface area (Å²) in [4.78, 5) is 26.0. The molecule has 0 aromatic heterocycles. The fourth-order valence-corrected chi connectivity index (χ4v) is 3.60. The molecule has 0 bridgehead atoms. The van der Waals surface area contributed by atoms with E-state index in [0.29, 0.717) is 4.47 Å². The zero-order valence-corrected chi connectivity index (χ0v) is 18.9. The summed E-state index contributed by atoms with van der Waals surface area (Å²) in [5, 5.41) is 11.9. The zero-order chi connectivity index (χ0) is 25.2. The Bertz CT molecular complexity index is 1150. The Kier molecular flexibility index (Phi) is 7.46. The summed E-state index contributed by atoms with van der Waals surface area (Å²) < 4.78 is 76.8. The lowest BCUT2D eigenvalue weighted by Gasteiger charge is -2.16. The average Bonchev–Trinajstić information content (AvgIpc) is 3.04. The summed E-state index contributed by atoms with van der Waals surface area (Å²) in [5.41, 5.74) is -1.52. The van der Waals surface area contributed by atoms with E-state index in [1.807, 2.05) is 0 Å². The van der Waals surface area contributed by atoms with Gasteiger partial charge in [-0.2, -0.15) is 13.2 Å². The largest absolute Gasteiger partial charge is 0.466 e. The van der Waals surface area contributed by atoms with Crippen LogP contribution in [0.25, 0.3) is 0 Å². The van der Waals surface area contributed by atoms with Gasteiger partial charge in [-0.05, 0) is 24.3 Å². The third-order valence-corrected chi connectivity index (χ3v) is 5.10. The van der Waals surface area contributed by atoms with E-state index >= 15 is 0 Å². The molecule has 0 aliphatic carbocycles. The summed E-state index contributed by atoms with van der Waals surface area (Å²) >= 11 is 3.17. The van der Waals surface area contributed by atoms with E-state index in [1.54, 1.807) is 0 Å². The molecule has 34 heavy (non-hydrogen) atoms. The minimum Gasteiger partial charge on any atom is -0.466 e. The molecule has 1 amide bonds.